The SMILES string of the molecule is C[C@@H](N)c1c(F)cccc1Oc1c(Br)cccc1[N+](=O)[O-]. The summed E-state index contributed by atoms with van der Waals surface area (Å²) in [6.45, 7) is 1.61. The quantitative estimate of drug-likeness (QED) is 0.655. The lowest BCUT2D eigenvalue weighted by molar-refractivity contribution is -0.385. The number of rotatable bonds is 4. The molecule has 0 spiro atoms. The molecule has 2 N–H and O–H groups in total. The number of nitrogens with zero attached hydrogens (tertiary/aromatic N) is 1. The maximum Gasteiger partial charge on any atom is 0.312 e. The summed E-state index contributed by atoms with van der Waals surface area (Å²) in [6, 6.07) is 8.07. The molecule has 2 rings (SSSR count). The van der Waals surface area contributed by atoms with Crippen molar-refractivity contribution in [2.75, 3.05) is 0 Å². The number of benzene rings is 2. The van der Waals surface area contributed by atoms with Crippen LogP contribution in [0.25, 0.3) is 0 Å². The van der Waals surface area contributed by atoms with Crippen molar-refractivity contribution in [1.82, 2.24) is 0 Å². The molecule has 0 radical (unpaired) electrons. The second-order valence-corrected chi connectivity index (χ2v) is 5.24. The molecule has 0 aromatic heterocycles. The zero-order chi connectivity index (χ0) is 15.6. The molecule has 7 heteroatoms. The number of nitrogens with two attached hydrogens (primary N) is 1. The van der Waals surface area contributed by atoms with Crippen molar-refractivity contribution in [3.63, 3.8) is 0 Å². The van der Waals surface area contributed by atoms with Gasteiger partial charge in [0.1, 0.15) is 11.6 Å². The number of ether oxygens (including phenoxy) is 1. The normalized spacial score (nSPS) is 12.0. The summed E-state index contributed by atoms with van der Waals surface area (Å²) in [4.78, 5) is 10.5. The first-order valence-electron chi connectivity index (χ1n) is 6.06. The Balaban J connectivity index is 2.54. The third kappa shape index (κ3) is 3.20. The first-order chi connectivity index (χ1) is 9.91. The highest BCUT2D eigenvalue weighted by Gasteiger charge is 2.21. The lowest BCUT2D eigenvalue weighted by Crippen LogP contribution is -2.09. The summed E-state index contributed by atoms with van der Waals surface area (Å²) in [7, 11) is 0. The van der Waals surface area contributed by atoms with Crippen LogP contribution in [0.5, 0.6) is 11.5 Å². The van der Waals surface area contributed by atoms with Crippen LogP contribution in [-0.4, -0.2) is 4.92 Å². The molecular weight excluding hydrogens is 343 g/mol. The number of halogens is 2. The van der Waals surface area contributed by atoms with Gasteiger partial charge in [0.05, 0.1) is 9.40 Å². The maximum atomic E-state index is 13.9. The van der Waals surface area contributed by atoms with Crippen molar-refractivity contribution in [1.29, 1.82) is 0 Å². The van der Waals surface area contributed by atoms with Gasteiger partial charge in [-0.1, -0.05) is 12.1 Å². The Morgan fingerprint density at radius 3 is 2.62 bits per heavy atom. The molecule has 110 valence electrons. The predicted molar refractivity (Wildman–Crippen MR) is 79.9 cm³/mol. The average molecular weight is 355 g/mol. The molecule has 0 aliphatic heterocycles. The smallest absolute Gasteiger partial charge is 0.312 e. The van der Waals surface area contributed by atoms with Crippen LogP contribution in [0.2, 0.25) is 0 Å². The molecule has 0 saturated heterocycles. The molecule has 2 aromatic carbocycles. The average Bonchev–Trinajstić information content (AvgIpc) is 2.40. The van der Waals surface area contributed by atoms with Gasteiger partial charge in [0.15, 0.2) is 0 Å². The topological polar surface area (TPSA) is 78.4 Å². The second-order valence-electron chi connectivity index (χ2n) is 4.39. The van der Waals surface area contributed by atoms with Crippen molar-refractivity contribution in [2.24, 2.45) is 5.73 Å². The molecule has 0 unspecified atom stereocenters. The van der Waals surface area contributed by atoms with E-state index < -0.39 is 16.8 Å². The van der Waals surface area contributed by atoms with Crippen molar-refractivity contribution in [3.05, 3.63) is 62.4 Å². The van der Waals surface area contributed by atoms with E-state index in [9.17, 15) is 14.5 Å². The Labute approximate surface area is 128 Å². The summed E-state index contributed by atoms with van der Waals surface area (Å²) < 4.78 is 19.8. The summed E-state index contributed by atoms with van der Waals surface area (Å²) in [5.74, 6) is -0.354. The van der Waals surface area contributed by atoms with Crippen LogP contribution in [0.3, 0.4) is 0 Å². The van der Waals surface area contributed by atoms with Crippen molar-refractivity contribution < 1.29 is 14.1 Å². The maximum absolute atomic E-state index is 13.9. The molecule has 0 amide bonds. The van der Waals surface area contributed by atoms with E-state index in [0.717, 1.165) is 0 Å². The van der Waals surface area contributed by atoms with Crippen LogP contribution < -0.4 is 10.5 Å². The van der Waals surface area contributed by atoms with E-state index in [-0.39, 0.29) is 22.7 Å². The third-order valence-corrected chi connectivity index (χ3v) is 3.45. The van der Waals surface area contributed by atoms with Gasteiger partial charge in [-0.2, -0.15) is 0 Å². The van der Waals surface area contributed by atoms with E-state index in [1.165, 1.54) is 30.3 Å². The molecule has 0 aliphatic carbocycles. The molecule has 0 saturated carbocycles. The fourth-order valence-corrected chi connectivity index (χ4v) is 2.34. The Morgan fingerprint density at radius 2 is 2.00 bits per heavy atom. The zero-order valence-electron chi connectivity index (χ0n) is 11.0. The van der Waals surface area contributed by atoms with E-state index >= 15 is 0 Å². The molecule has 0 fully saturated rings. The van der Waals surface area contributed by atoms with Gasteiger partial charge in [0.2, 0.25) is 5.75 Å². The first kappa shape index (κ1) is 15.4. The van der Waals surface area contributed by atoms with Gasteiger partial charge in [-0.05, 0) is 41.1 Å². The fraction of sp³-hybridized carbons (Fsp3) is 0.143. The summed E-state index contributed by atoms with van der Waals surface area (Å²) in [5.41, 5.74) is 5.69. The molecular formula is C14H12BrFN2O3. The van der Waals surface area contributed by atoms with Gasteiger partial charge < -0.3 is 10.5 Å². The van der Waals surface area contributed by atoms with Gasteiger partial charge >= 0.3 is 5.69 Å². The van der Waals surface area contributed by atoms with Gasteiger partial charge in [-0.25, -0.2) is 4.39 Å². The summed E-state index contributed by atoms with van der Waals surface area (Å²) in [6.07, 6.45) is 0. The highest BCUT2D eigenvalue weighted by atomic mass is 79.9. The molecule has 0 aliphatic rings. The van der Waals surface area contributed by atoms with Crippen LogP contribution in [-0.2, 0) is 0 Å². The van der Waals surface area contributed by atoms with E-state index in [1.54, 1.807) is 13.0 Å². The zero-order valence-corrected chi connectivity index (χ0v) is 12.6. The Bertz CT molecular complexity index is 692. The highest BCUT2D eigenvalue weighted by Crippen LogP contribution is 2.40. The Kier molecular flexibility index (Phi) is 4.54. The second kappa shape index (κ2) is 6.19. The van der Waals surface area contributed by atoms with Gasteiger partial charge in [0, 0.05) is 17.7 Å². The molecule has 0 heterocycles. The first-order valence-corrected chi connectivity index (χ1v) is 6.86. The van der Waals surface area contributed by atoms with E-state index in [2.05, 4.69) is 15.9 Å². The minimum Gasteiger partial charge on any atom is -0.448 e. The van der Waals surface area contributed by atoms with Gasteiger partial charge in [-0.15, -0.1) is 0 Å². The van der Waals surface area contributed by atoms with Crippen molar-refractivity contribution in [3.8, 4) is 11.5 Å². The largest absolute Gasteiger partial charge is 0.448 e. The van der Waals surface area contributed by atoms with E-state index in [1.807, 2.05) is 0 Å². The number of hydrogen-bond acceptors (Lipinski definition) is 4. The van der Waals surface area contributed by atoms with Gasteiger partial charge in [0.25, 0.3) is 0 Å². The fourth-order valence-electron chi connectivity index (χ4n) is 1.90. The number of hydrogen-bond donors (Lipinski definition) is 1. The van der Waals surface area contributed by atoms with E-state index in [0.29, 0.717) is 4.47 Å². The van der Waals surface area contributed by atoms with Crippen LogP contribution in [0, 0.1) is 15.9 Å². The molecule has 0 bridgehead atoms. The standard InChI is InChI=1S/C14H12BrFN2O3/c1-8(17)13-10(16)5-3-7-12(13)21-14-9(15)4-2-6-11(14)18(19)20/h2-8H,17H2,1H3/t8-/m1/s1. The summed E-state index contributed by atoms with van der Waals surface area (Å²) in [5, 5.41) is 11.1. The summed E-state index contributed by atoms with van der Waals surface area (Å²) >= 11 is 3.20. The number of nitro groups is 1. The van der Waals surface area contributed by atoms with Crippen LogP contribution in [0.1, 0.15) is 18.5 Å². The van der Waals surface area contributed by atoms with E-state index in [4.69, 9.17) is 10.5 Å². The molecule has 2 aromatic rings. The molecule has 21 heavy (non-hydrogen) atoms. The van der Waals surface area contributed by atoms with Crippen molar-refractivity contribution >= 4 is 21.6 Å². The third-order valence-electron chi connectivity index (χ3n) is 2.82. The van der Waals surface area contributed by atoms with Crippen LogP contribution in [0.15, 0.2) is 40.9 Å². The lowest BCUT2D eigenvalue weighted by atomic mass is 10.1. The molecule has 5 nitrogen and oxygen atoms in total. The van der Waals surface area contributed by atoms with Crippen molar-refractivity contribution in [2.45, 2.75) is 13.0 Å². The predicted octanol–water partition coefficient (Wildman–Crippen LogP) is 4.31. The Hall–Kier alpha value is -1.99. The van der Waals surface area contributed by atoms with Crippen LogP contribution in [0.4, 0.5) is 10.1 Å². The molecule has 1 atom stereocenters. The minimum atomic E-state index is -0.609. The van der Waals surface area contributed by atoms with Crippen LogP contribution >= 0.6 is 15.9 Å². The highest BCUT2D eigenvalue weighted by molar-refractivity contribution is 9.10. The number of nitro benzene ring substituents is 1. The lowest BCUT2D eigenvalue weighted by Gasteiger charge is -2.15. The minimum absolute atomic E-state index is 0.00926. The van der Waals surface area contributed by atoms with Gasteiger partial charge in [-0.3, -0.25) is 10.1 Å². The number of para-hydroxylation sites is 1. The Morgan fingerprint density at radius 1 is 1.33 bits per heavy atom. The monoisotopic (exact) mass is 354 g/mol.